The third-order valence-electron chi connectivity index (χ3n) is 4.78. The molecule has 2 bridgehead atoms. The second-order valence-electron chi connectivity index (χ2n) is 6.33. The molecule has 3 fully saturated rings. The zero-order chi connectivity index (χ0) is 12.9. The van der Waals surface area contributed by atoms with Gasteiger partial charge < -0.3 is 14.2 Å². The highest BCUT2D eigenvalue weighted by molar-refractivity contribution is 5.69. The van der Waals surface area contributed by atoms with E-state index in [9.17, 15) is 4.79 Å². The average molecular weight is 254 g/mol. The summed E-state index contributed by atoms with van der Waals surface area (Å²) in [5, 5.41) is 0. The van der Waals surface area contributed by atoms with Crippen LogP contribution in [-0.4, -0.2) is 31.1 Å². The normalized spacial score (nSPS) is 44.1. The highest BCUT2D eigenvalue weighted by Crippen LogP contribution is 2.56. The molecule has 1 saturated heterocycles. The molecule has 0 N–H and O–H groups in total. The molecular formula is C14H22O4. The molecule has 0 radical (unpaired) electrons. The van der Waals surface area contributed by atoms with Gasteiger partial charge in [-0.05, 0) is 50.9 Å². The van der Waals surface area contributed by atoms with E-state index in [0.717, 1.165) is 6.42 Å². The topological polar surface area (TPSA) is 44.8 Å². The quantitative estimate of drug-likeness (QED) is 0.724. The van der Waals surface area contributed by atoms with Crippen molar-refractivity contribution in [2.24, 2.45) is 17.8 Å². The summed E-state index contributed by atoms with van der Waals surface area (Å²) in [5.74, 6) is 1.28. The first-order chi connectivity index (χ1) is 8.50. The number of hydrogen-bond donors (Lipinski definition) is 0. The fraction of sp³-hybridized carbons (Fsp3) is 0.929. The minimum Gasteiger partial charge on any atom is -0.469 e. The van der Waals surface area contributed by atoms with Gasteiger partial charge in [0.25, 0.3) is 0 Å². The zero-order valence-corrected chi connectivity index (χ0v) is 11.3. The summed E-state index contributed by atoms with van der Waals surface area (Å²) >= 11 is 0. The van der Waals surface area contributed by atoms with Gasteiger partial charge in [0.15, 0.2) is 5.79 Å². The van der Waals surface area contributed by atoms with E-state index < -0.39 is 5.79 Å². The van der Waals surface area contributed by atoms with Crippen molar-refractivity contribution in [3.63, 3.8) is 0 Å². The summed E-state index contributed by atoms with van der Waals surface area (Å²) in [6, 6.07) is 0. The van der Waals surface area contributed by atoms with Gasteiger partial charge in [0, 0.05) is 6.42 Å². The molecule has 102 valence electrons. The summed E-state index contributed by atoms with van der Waals surface area (Å²) in [5.41, 5.74) is 0. The number of fused-ring (bicyclic) bond motifs is 5. The lowest BCUT2D eigenvalue weighted by molar-refractivity contribution is -0.158. The van der Waals surface area contributed by atoms with Crippen molar-refractivity contribution in [3.8, 4) is 0 Å². The van der Waals surface area contributed by atoms with Gasteiger partial charge >= 0.3 is 5.97 Å². The largest absolute Gasteiger partial charge is 0.469 e. The summed E-state index contributed by atoms with van der Waals surface area (Å²) in [6.45, 7) is 3.99. The molecule has 0 spiro atoms. The zero-order valence-electron chi connectivity index (χ0n) is 11.3. The van der Waals surface area contributed by atoms with E-state index in [1.165, 1.54) is 20.0 Å². The molecule has 2 saturated carbocycles. The number of ether oxygens (including phenoxy) is 3. The Balaban J connectivity index is 1.61. The smallest absolute Gasteiger partial charge is 0.305 e. The molecule has 0 aromatic rings. The van der Waals surface area contributed by atoms with Crippen LogP contribution in [0, 0.1) is 17.8 Å². The number of rotatable bonds is 3. The Morgan fingerprint density at radius 1 is 1.28 bits per heavy atom. The molecule has 0 aromatic heterocycles. The van der Waals surface area contributed by atoms with Crippen molar-refractivity contribution in [1.82, 2.24) is 0 Å². The molecular weight excluding hydrogens is 232 g/mol. The number of hydrogen-bond acceptors (Lipinski definition) is 4. The van der Waals surface area contributed by atoms with Gasteiger partial charge in [-0.25, -0.2) is 0 Å². The predicted octanol–water partition coefficient (Wildman–Crippen LogP) is 2.12. The van der Waals surface area contributed by atoms with Crippen molar-refractivity contribution in [1.29, 1.82) is 0 Å². The molecule has 4 nitrogen and oxygen atoms in total. The molecule has 18 heavy (non-hydrogen) atoms. The van der Waals surface area contributed by atoms with Gasteiger partial charge in [-0.3, -0.25) is 4.79 Å². The Hall–Kier alpha value is -0.610. The van der Waals surface area contributed by atoms with Crippen LogP contribution in [0.3, 0.4) is 0 Å². The summed E-state index contributed by atoms with van der Waals surface area (Å²) in [6.07, 6.45) is 4.40. The number of carbonyl (C=O) groups excluding carboxylic acids is 1. The Morgan fingerprint density at radius 2 is 2.00 bits per heavy atom. The lowest BCUT2D eigenvalue weighted by Crippen LogP contribution is -2.34. The molecule has 1 heterocycles. The lowest BCUT2D eigenvalue weighted by atomic mass is 9.82. The van der Waals surface area contributed by atoms with Crippen molar-refractivity contribution < 1.29 is 19.0 Å². The van der Waals surface area contributed by atoms with E-state index >= 15 is 0 Å². The van der Waals surface area contributed by atoms with Crippen LogP contribution in [0.15, 0.2) is 0 Å². The standard InChI is InChI=1S/C14H22O4/c1-14(2)17-12-9-6-8(4-5-11(15)16-3)10(7-9)13(12)18-14/h8-10,12-13H,4-7H2,1-3H3/t8-,9-,10-,12+,13-/m1/s1. The number of methoxy groups -OCH3 is 1. The SMILES string of the molecule is COC(=O)CC[C@@H]1C[C@@H]2C[C@H]1[C@H]1OC(C)(C)O[C@@H]21. The molecule has 5 atom stereocenters. The van der Waals surface area contributed by atoms with Crippen molar-refractivity contribution in [2.45, 2.75) is 57.5 Å². The van der Waals surface area contributed by atoms with E-state index in [1.54, 1.807) is 0 Å². The highest BCUT2D eigenvalue weighted by atomic mass is 16.8. The Bertz CT molecular complexity index is 352. The fourth-order valence-corrected chi connectivity index (χ4v) is 4.12. The predicted molar refractivity (Wildman–Crippen MR) is 64.8 cm³/mol. The molecule has 2 aliphatic carbocycles. The number of esters is 1. The summed E-state index contributed by atoms with van der Waals surface area (Å²) in [4.78, 5) is 11.2. The van der Waals surface area contributed by atoms with E-state index in [0.29, 0.717) is 30.3 Å². The van der Waals surface area contributed by atoms with Gasteiger partial charge in [0.05, 0.1) is 19.3 Å². The van der Waals surface area contributed by atoms with Crippen LogP contribution in [0.5, 0.6) is 0 Å². The van der Waals surface area contributed by atoms with Crippen LogP contribution in [-0.2, 0) is 19.0 Å². The van der Waals surface area contributed by atoms with Crippen molar-refractivity contribution in [3.05, 3.63) is 0 Å². The lowest BCUT2D eigenvalue weighted by Gasteiger charge is -2.28. The van der Waals surface area contributed by atoms with Crippen LogP contribution in [0.4, 0.5) is 0 Å². The van der Waals surface area contributed by atoms with Crippen LogP contribution in [0.2, 0.25) is 0 Å². The maximum absolute atomic E-state index is 11.2. The van der Waals surface area contributed by atoms with Gasteiger partial charge in [0.1, 0.15) is 0 Å². The summed E-state index contributed by atoms with van der Waals surface area (Å²) < 4.78 is 16.7. The van der Waals surface area contributed by atoms with Crippen molar-refractivity contribution >= 4 is 5.97 Å². The first kappa shape index (κ1) is 12.4. The Labute approximate surface area is 108 Å². The first-order valence-corrected chi connectivity index (χ1v) is 6.92. The monoisotopic (exact) mass is 254 g/mol. The van der Waals surface area contributed by atoms with Crippen LogP contribution in [0.1, 0.15) is 39.5 Å². The van der Waals surface area contributed by atoms with Gasteiger partial charge in [-0.15, -0.1) is 0 Å². The van der Waals surface area contributed by atoms with Crippen LogP contribution < -0.4 is 0 Å². The minimum absolute atomic E-state index is 0.0988. The molecule has 0 unspecified atom stereocenters. The summed E-state index contributed by atoms with van der Waals surface area (Å²) in [7, 11) is 1.45. The van der Waals surface area contributed by atoms with E-state index in [2.05, 4.69) is 0 Å². The molecule has 3 rings (SSSR count). The van der Waals surface area contributed by atoms with Gasteiger partial charge in [-0.1, -0.05) is 0 Å². The molecule has 0 amide bonds. The minimum atomic E-state index is -0.427. The number of carbonyl (C=O) groups is 1. The third-order valence-corrected chi connectivity index (χ3v) is 4.78. The second-order valence-corrected chi connectivity index (χ2v) is 6.33. The molecule has 1 aliphatic heterocycles. The van der Waals surface area contributed by atoms with Crippen molar-refractivity contribution in [2.75, 3.05) is 7.11 Å². The van der Waals surface area contributed by atoms with Gasteiger partial charge in [-0.2, -0.15) is 0 Å². The maximum atomic E-state index is 11.2. The molecule has 4 heteroatoms. The molecule has 3 aliphatic rings. The highest BCUT2D eigenvalue weighted by Gasteiger charge is 2.59. The Kier molecular flexibility index (Phi) is 2.90. The van der Waals surface area contributed by atoms with Crippen LogP contribution in [0.25, 0.3) is 0 Å². The average Bonchev–Trinajstić information content (AvgIpc) is 2.93. The van der Waals surface area contributed by atoms with Crippen LogP contribution >= 0.6 is 0 Å². The maximum Gasteiger partial charge on any atom is 0.305 e. The first-order valence-electron chi connectivity index (χ1n) is 6.92. The third kappa shape index (κ3) is 1.95. The van der Waals surface area contributed by atoms with E-state index in [-0.39, 0.29) is 12.1 Å². The second kappa shape index (κ2) is 4.20. The Morgan fingerprint density at radius 3 is 2.72 bits per heavy atom. The van der Waals surface area contributed by atoms with Gasteiger partial charge in [0.2, 0.25) is 0 Å². The van der Waals surface area contributed by atoms with E-state index in [1.807, 2.05) is 13.8 Å². The fourth-order valence-electron chi connectivity index (χ4n) is 4.12. The molecule has 0 aromatic carbocycles. The van der Waals surface area contributed by atoms with E-state index in [4.69, 9.17) is 14.2 Å².